The molecule has 0 unspecified atom stereocenters. The van der Waals surface area contributed by atoms with E-state index >= 15 is 0 Å². The van der Waals surface area contributed by atoms with Gasteiger partial charge in [0.2, 0.25) is 0 Å². The Morgan fingerprint density at radius 2 is 1.87 bits per heavy atom. The van der Waals surface area contributed by atoms with E-state index in [2.05, 4.69) is 9.88 Å². The molecule has 30 heavy (non-hydrogen) atoms. The van der Waals surface area contributed by atoms with Gasteiger partial charge in [-0.1, -0.05) is 30.3 Å². The van der Waals surface area contributed by atoms with Crippen LogP contribution in [-0.4, -0.2) is 21.2 Å². The third kappa shape index (κ3) is 3.12. The lowest BCUT2D eigenvalue weighted by Gasteiger charge is -2.16. The van der Waals surface area contributed by atoms with Gasteiger partial charge < -0.3 is 15.6 Å². The highest BCUT2D eigenvalue weighted by atomic mass is 16.1. The molecule has 1 aliphatic heterocycles. The summed E-state index contributed by atoms with van der Waals surface area (Å²) in [4.78, 5) is 29.5. The smallest absolute Gasteiger partial charge is 0.251 e. The Labute approximate surface area is 173 Å². The number of hydrogen-bond donors (Lipinski definition) is 2. The van der Waals surface area contributed by atoms with E-state index in [9.17, 15) is 9.59 Å². The Morgan fingerprint density at radius 3 is 2.67 bits per heavy atom. The van der Waals surface area contributed by atoms with Gasteiger partial charge in [0.15, 0.2) is 5.78 Å². The van der Waals surface area contributed by atoms with Crippen molar-refractivity contribution in [2.45, 2.75) is 19.5 Å². The first-order valence-corrected chi connectivity index (χ1v) is 9.85. The molecular formula is C24H20N4O2. The van der Waals surface area contributed by atoms with E-state index in [1.165, 1.54) is 0 Å². The summed E-state index contributed by atoms with van der Waals surface area (Å²) < 4.78 is 2.10. The lowest BCUT2D eigenvalue weighted by Crippen LogP contribution is -2.22. The number of hydrogen-bond acceptors (Lipinski definition) is 4. The highest BCUT2D eigenvalue weighted by Crippen LogP contribution is 2.31. The number of anilines is 1. The summed E-state index contributed by atoms with van der Waals surface area (Å²) >= 11 is 0. The van der Waals surface area contributed by atoms with Crippen LogP contribution < -0.4 is 11.1 Å². The Bertz CT molecular complexity index is 1290. The SMILES string of the molecule is Nc1cccc(CNC(=O)c2ccc(-c3nc4cccc5c4n3CCC5=O)cc2)c1. The number of amides is 1. The average molecular weight is 396 g/mol. The molecule has 1 aliphatic rings. The Kier molecular flexibility index (Phi) is 4.32. The zero-order valence-corrected chi connectivity index (χ0v) is 16.3. The number of benzene rings is 3. The second kappa shape index (κ2) is 7.15. The molecule has 1 aromatic heterocycles. The minimum absolute atomic E-state index is 0.147. The van der Waals surface area contributed by atoms with Crippen LogP contribution >= 0.6 is 0 Å². The fourth-order valence-electron chi connectivity index (χ4n) is 3.95. The monoisotopic (exact) mass is 396 g/mol. The largest absolute Gasteiger partial charge is 0.399 e. The van der Waals surface area contributed by atoms with E-state index in [-0.39, 0.29) is 11.7 Å². The molecule has 0 spiro atoms. The number of aromatic nitrogens is 2. The van der Waals surface area contributed by atoms with E-state index in [1.54, 1.807) is 12.1 Å². The van der Waals surface area contributed by atoms with Gasteiger partial charge >= 0.3 is 0 Å². The Morgan fingerprint density at radius 1 is 1.07 bits per heavy atom. The Balaban J connectivity index is 1.39. The van der Waals surface area contributed by atoms with Gasteiger partial charge in [-0.3, -0.25) is 9.59 Å². The number of ketones is 1. The summed E-state index contributed by atoms with van der Waals surface area (Å²) in [6.45, 7) is 1.03. The standard InChI is InChI=1S/C24H20N4O2/c25-18-4-1-3-15(13-18)14-26-24(30)17-9-7-16(8-10-17)23-27-20-6-2-5-19-21(29)11-12-28(23)22(19)20/h1-10,13H,11-12,14,25H2,(H,26,30). The molecule has 0 atom stereocenters. The molecule has 0 saturated heterocycles. The van der Waals surface area contributed by atoms with Crippen molar-refractivity contribution in [3.8, 4) is 11.4 Å². The van der Waals surface area contributed by atoms with Gasteiger partial charge in [-0.15, -0.1) is 0 Å². The van der Waals surface area contributed by atoms with Gasteiger partial charge in [-0.05, 0) is 42.0 Å². The van der Waals surface area contributed by atoms with Crippen LogP contribution in [0.2, 0.25) is 0 Å². The number of carbonyl (C=O) groups excluding carboxylic acids is 2. The van der Waals surface area contributed by atoms with Gasteiger partial charge in [0.05, 0.1) is 11.0 Å². The number of carbonyl (C=O) groups is 2. The summed E-state index contributed by atoms with van der Waals surface area (Å²) in [5, 5.41) is 2.91. The maximum absolute atomic E-state index is 12.5. The molecule has 6 heteroatoms. The van der Waals surface area contributed by atoms with Crippen LogP contribution in [0.1, 0.15) is 32.7 Å². The maximum atomic E-state index is 12.5. The first kappa shape index (κ1) is 18.1. The molecule has 3 aromatic carbocycles. The normalized spacial score (nSPS) is 12.9. The first-order valence-electron chi connectivity index (χ1n) is 9.85. The van der Waals surface area contributed by atoms with E-state index in [1.807, 2.05) is 54.6 Å². The van der Waals surface area contributed by atoms with Crippen molar-refractivity contribution in [2.75, 3.05) is 5.73 Å². The van der Waals surface area contributed by atoms with Crippen LogP contribution in [0.5, 0.6) is 0 Å². The van der Waals surface area contributed by atoms with E-state index in [0.717, 1.165) is 33.5 Å². The lowest BCUT2D eigenvalue weighted by molar-refractivity contribution is 0.0948. The second-order valence-corrected chi connectivity index (χ2v) is 7.44. The summed E-state index contributed by atoms with van der Waals surface area (Å²) in [6.07, 6.45) is 0.472. The quantitative estimate of drug-likeness (QED) is 0.514. The molecule has 0 fully saturated rings. The van der Waals surface area contributed by atoms with Crippen molar-refractivity contribution in [3.63, 3.8) is 0 Å². The maximum Gasteiger partial charge on any atom is 0.251 e. The average Bonchev–Trinajstić information content (AvgIpc) is 3.15. The van der Waals surface area contributed by atoms with Gasteiger partial charge in [-0.2, -0.15) is 0 Å². The minimum Gasteiger partial charge on any atom is -0.399 e. The molecule has 1 amide bonds. The molecular weight excluding hydrogens is 376 g/mol. The third-order valence-corrected chi connectivity index (χ3v) is 5.44. The Hall–Kier alpha value is -3.93. The molecule has 0 saturated carbocycles. The molecule has 6 nitrogen and oxygen atoms in total. The van der Waals surface area contributed by atoms with E-state index in [4.69, 9.17) is 10.7 Å². The van der Waals surface area contributed by atoms with Crippen molar-refractivity contribution >= 4 is 28.4 Å². The number of Topliss-reactive ketones (excluding diaryl/α,β-unsaturated/α-hetero) is 1. The zero-order valence-electron chi connectivity index (χ0n) is 16.3. The van der Waals surface area contributed by atoms with Crippen LogP contribution in [0.3, 0.4) is 0 Å². The van der Waals surface area contributed by atoms with Gasteiger partial charge in [0.25, 0.3) is 5.91 Å². The van der Waals surface area contributed by atoms with Crippen LogP contribution in [0.4, 0.5) is 5.69 Å². The topological polar surface area (TPSA) is 90.0 Å². The lowest BCUT2D eigenvalue weighted by atomic mass is 10.0. The predicted octanol–water partition coefficient (Wildman–Crippen LogP) is 3.80. The molecule has 0 bridgehead atoms. The molecule has 0 aliphatic carbocycles. The van der Waals surface area contributed by atoms with Crippen LogP contribution in [0.25, 0.3) is 22.4 Å². The fraction of sp³-hybridized carbons (Fsp3) is 0.125. The zero-order chi connectivity index (χ0) is 20.7. The number of rotatable bonds is 4. The number of nitrogens with two attached hydrogens (primary N) is 1. The second-order valence-electron chi connectivity index (χ2n) is 7.44. The van der Waals surface area contributed by atoms with Gasteiger partial charge in [0.1, 0.15) is 5.82 Å². The fourth-order valence-corrected chi connectivity index (χ4v) is 3.95. The number of para-hydroxylation sites is 1. The highest BCUT2D eigenvalue weighted by molar-refractivity contribution is 6.08. The number of aryl methyl sites for hydroxylation is 1. The third-order valence-electron chi connectivity index (χ3n) is 5.44. The number of nitrogens with zero attached hydrogens (tertiary/aromatic N) is 2. The summed E-state index contributed by atoms with van der Waals surface area (Å²) in [7, 11) is 0. The van der Waals surface area contributed by atoms with Crippen LogP contribution in [0.15, 0.2) is 66.7 Å². The van der Waals surface area contributed by atoms with Crippen molar-refractivity contribution in [1.82, 2.24) is 14.9 Å². The molecule has 4 aromatic rings. The summed E-state index contributed by atoms with van der Waals surface area (Å²) in [5.41, 5.74) is 11.3. The van der Waals surface area contributed by atoms with Gasteiger partial charge in [0, 0.05) is 41.9 Å². The number of nitrogen functional groups attached to an aromatic ring is 1. The molecule has 3 N–H and O–H groups in total. The van der Waals surface area contributed by atoms with E-state index < -0.39 is 0 Å². The molecule has 148 valence electrons. The molecule has 2 heterocycles. The van der Waals surface area contributed by atoms with Crippen LogP contribution in [-0.2, 0) is 13.1 Å². The van der Waals surface area contributed by atoms with E-state index in [0.29, 0.717) is 30.8 Å². The first-order chi connectivity index (χ1) is 14.6. The molecule has 5 rings (SSSR count). The highest BCUT2D eigenvalue weighted by Gasteiger charge is 2.23. The van der Waals surface area contributed by atoms with Crippen molar-refractivity contribution in [2.24, 2.45) is 0 Å². The minimum atomic E-state index is -0.147. The molecule has 0 radical (unpaired) electrons. The van der Waals surface area contributed by atoms with Crippen molar-refractivity contribution in [3.05, 3.63) is 83.4 Å². The summed E-state index contributed by atoms with van der Waals surface area (Å²) in [6, 6.07) is 20.5. The van der Waals surface area contributed by atoms with Crippen LogP contribution in [0, 0.1) is 0 Å². The number of imidazole rings is 1. The predicted molar refractivity (Wildman–Crippen MR) is 116 cm³/mol. The van der Waals surface area contributed by atoms with Crippen molar-refractivity contribution in [1.29, 1.82) is 0 Å². The van der Waals surface area contributed by atoms with Crippen molar-refractivity contribution < 1.29 is 9.59 Å². The number of nitrogens with one attached hydrogen (secondary N) is 1. The summed E-state index contributed by atoms with van der Waals surface area (Å²) in [5.74, 6) is 0.829. The van der Waals surface area contributed by atoms with Gasteiger partial charge in [-0.25, -0.2) is 4.98 Å².